The molecule has 0 saturated heterocycles. The molecule has 0 aromatic rings. The van der Waals surface area contributed by atoms with Crippen LogP contribution in [0.25, 0.3) is 0 Å². The summed E-state index contributed by atoms with van der Waals surface area (Å²) in [7, 11) is -1.73. The second kappa shape index (κ2) is 5.89. The molecular weight excluding hydrogens is 240 g/mol. The monoisotopic (exact) mass is 270 g/mol. The first kappa shape index (κ1) is 15.9. The lowest BCUT2D eigenvalue weighted by Crippen LogP contribution is -2.44. The lowest BCUT2D eigenvalue weighted by atomic mass is 10.1. The van der Waals surface area contributed by atoms with Gasteiger partial charge in [0.05, 0.1) is 12.2 Å². The van der Waals surface area contributed by atoms with Gasteiger partial charge in [0.2, 0.25) is 0 Å². The fourth-order valence-corrected chi connectivity index (χ4v) is 3.39. The first-order valence-corrected chi connectivity index (χ1v) is 10.1. The van der Waals surface area contributed by atoms with Gasteiger partial charge in [0.15, 0.2) is 8.32 Å². The van der Waals surface area contributed by atoms with Gasteiger partial charge in [-0.05, 0) is 36.5 Å². The number of hydrogen-bond acceptors (Lipinski definition) is 2. The average molecular weight is 270 g/mol. The smallest absolute Gasteiger partial charge is 0.192 e. The fourth-order valence-electron chi connectivity index (χ4n) is 2.07. The highest BCUT2D eigenvalue weighted by Crippen LogP contribution is 2.40. The average Bonchev–Trinajstić information content (AvgIpc) is 2.53. The molecular formula is C15H30O2Si. The van der Waals surface area contributed by atoms with E-state index in [1.54, 1.807) is 0 Å². The molecule has 0 heterocycles. The summed E-state index contributed by atoms with van der Waals surface area (Å²) in [4.78, 5) is 0. The molecule has 0 fully saturated rings. The minimum Gasteiger partial charge on any atom is -0.410 e. The zero-order valence-electron chi connectivity index (χ0n) is 12.9. The van der Waals surface area contributed by atoms with Crippen molar-refractivity contribution in [2.45, 2.75) is 83.7 Å². The zero-order valence-corrected chi connectivity index (χ0v) is 13.9. The zero-order chi connectivity index (χ0) is 14.0. The molecule has 2 nitrogen and oxygen atoms in total. The number of rotatable bonds is 5. The molecule has 0 radical (unpaired) electrons. The van der Waals surface area contributed by atoms with Crippen molar-refractivity contribution in [3.05, 3.63) is 11.6 Å². The van der Waals surface area contributed by atoms with Gasteiger partial charge in [0.1, 0.15) is 0 Å². The van der Waals surface area contributed by atoms with Gasteiger partial charge in [0.25, 0.3) is 0 Å². The first-order chi connectivity index (χ1) is 8.17. The molecule has 0 aromatic heterocycles. The Kier molecular flexibility index (Phi) is 5.21. The van der Waals surface area contributed by atoms with Crippen LogP contribution in [0, 0.1) is 0 Å². The highest BCUT2D eigenvalue weighted by atomic mass is 28.4. The van der Waals surface area contributed by atoms with Crippen LogP contribution in [-0.2, 0) is 4.43 Å². The lowest BCUT2D eigenvalue weighted by molar-refractivity contribution is 0.150. The summed E-state index contributed by atoms with van der Waals surface area (Å²) >= 11 is 0. The van der Waals surface area contributed by atoms with Crippen molar-refractivity contribution in [2.24, 2.45) is 0 Å². The van der Waals surface area contributed by atoms with Crippen LogP contribution in [0.4, 0.5) is 0 Å². The predicted octanol–water partition coefficient (Wildman–Crippen LogP) is 4.26. The van der Waals surface area contributed by atoms with Gasteiger partial charge < -0.3 is 9.53 Å². The van der Waals surface area contributed by atoms with Crippen molar-refractivity contribution in [3.8, 4) is 0 Å². The van der Waals surface area contributed by atoms with E-state index in [1.807, 2.05) is 6.08 Å². The van der Waals surface area contributed by atoms with Gasteiger partial charge in [-0.15, -0.1) is 0 Å². The van der Waals surface area contributed by atoms with E-state index in [0.29, 0.717) is 0 Å². The molecule has 106 valence electrons. The number of unbranched alkanes of at least 4 members (excludes halogenated alkanes) is 1. The molecule has 1 rings (SSSR count). The molecule has 0 aliphatic heterocycles. The molecule has 18 heavy (non-hydrogen) atoms. The van der Waals surface area contributed by atoms with Crippen LogP contribution in [0.1, 0.15) is 53.4 Å². The van der Waals surface area contributed by atoms with E-state index in [2.05, 4.69) is 40.8 Å². The summed E-state index contributed by atoms with van der Waals surface area (Å²) in [5, 5.41) is 10.1. The number of aliphatic hydroxyl groups excluding tert-OH is 1. The summed E-state index contributed by atoms with van der Waals surface area (Å²) in [5.41, 5.74) is 1.33. The van der Waals surface area contributed by atoms with Crippen molar-refractivity contribution < 1.29 is 9.53 Å². The SMILES string of the molecule is CCCCC1=C[C@H](O)C[C@@H]1O[Si](C)(C)C(C)(C)C. The van der Waals surface area contributed by atoms with E-state index in [-0.39, 0.29) is 17.2 Å². The molecule has 0 saturated carbocycles. The quantitative estimate of drug-likeness (QED) is 0.597. The molecule has 0 spiro atoms. The second-order valence-electron chi connectivity index (χ2n) is 7.01. The molecule has 3 heteroatoms. The van der Waals surface area contributed by atoms with E-state index >= 15 is 0 Å². The van der Waals surface area contributed by atoms with Crippen LogP contribution < -0.4 is 0 Å². The topological polar surface area (TPSA) is 29.5 Å². The van der Waals surface area contributed by atoms with Gasteiger partial charge in [-0.2, -0.15) is 0 Å². The van der Waals surface area contributed by atoms with Gasteiger partial charge in [0, 0.05) is 6.42 Å². The second-order valence-corrected chi connectivity index (χ2v) is 11.8. The van der Waals surface area contributed by atoms with Gasteiger partial charge in [-0.1, -0.05) is 40.2 Å². The summed E-state index contributed by atoms with van der Waals surface area (Å²) in [6.45, 7) is 13.6. The van der Waals surface area contributed by atoms with Gasteiger partial charge in [-0.25, -0.2) is 0 Å². The Morgan fingerprint density at radius 2 is 2.00 bits per heavy atom. The first-order valence-electron chi connectivity index (χ1n) is 7.24. The predicted molar refractivity (Wildman–Crippen MR) is 80.3 cm³/mol. The molecule has 1 aliphatic carbocycles. The highest BCUT2D eigenvalue weighted by Gasteiger charge is 2.41. The summed E-state index contributed by atoms with van der Waals surface area (Å²) in [5.74, 6) is 0. The largest absolute Gasteiger partial charge is 0.410 e. The third-order valence-corrected chi connectivity index (χ3v) is 8.82. The van der Waals surface area contributed by atoms with E-state index < -0.39 is 8.32 Å². The lowest BCUT2D eigenvalue weighted by Gasteiger charge is -2.39. The summed E-state index contributed by atoms with van der Waals surface area (Å²) in [6.07, 6.45) is 6.10. The Bertz CT molecular complexity index is 302. The Labute approximate surface area is 114 Å². The van der Waals surface area contributed by atoms with Crippen LogP contribution in [0.5, 0.6) is 0 Å². The van der Waals surface area contributed by atoms with Crippen LogP contribution in [0.15, 0.2) is 11.6 Å². The Balaban J connectivity index is 2.69. The van der Waals surface area contributed by atoms with E-state index in [9.17, 15) is 5.11 Å². The third kappa shape index (κ3) is 3.94. The van der Waals surface area contributed by atoms with Crippen LogP contribution in [0.2, 0.25) is 18.1 Å². The molecule has 0 aromatic carbocycles. The maximum Gasteiger partial charge on any atom is 0.192 e. The Hall–Kier alpha value is -0.123. The number of hydrogen-bond donors (Lipinski definition) is 1. The van der Waals surface area contributed by atoms with Crippen molar-refractivity contribution in [1.29, 1.82) is 0 Å². The van der Waals surface area contributed by atoms with E-state index in [0.717, 1.165) is 12.8 Å². The van der Waals surface area contributed by atoms with Crippen molar-refractivity contribution in [2.75, 3.05) is 0 Å². The highest BCUT2D eigenvalue weighted by molar-refractivity contribution is 6.74. The normalized spacial score (nSPS) is 25.4. The minimum absolute atomic E-state index is 0.160. The Morgan fingerprint density at radius 3 is 2.50 bits per heavy atom. The van der Waals surface area contributed by atoms with Crippen LogP contribution in [0.3, 0.4) is 0 Å². The van der Waals surface area contributed by atoms with Gasteiger partial charge in [-0.3, -0.25) is 0 Å². The molecule has 1 aliphatic rings. The van der Waals surface area contributed by atoms with Gasteiger partial charge >= 0.3 is 0 Å². The molecule has 0 unspecified atom stereocenters. The van der Waals surface area contributed by atoms with Crippen LogP contribution >= 0.6 is 0 Å². The maximum atomic E-state index is 9.83. The summed E-state index contributed by atoms with van der Waals surface area (Å²) in [6, 6.07) is 0. The molecule has 0 bridgehead atoms. The molecule has 1 N–H and O–H groups in total. The van der Waals surface area contributed by atoms with E-state index in [4.69, 9.17) is 4.43 Å². The molecule has 2 atom stereocenters. The standard InChI is InChI=1S/C15H30O2Si/c1-7-8-9-12-10-13(16)11-14(12)17-18(5,6)15(2,3)4/h10,13-14,16H,7-9,11H2,1-6H3/t13-,14-/m0/s1. The maximum absolute atomic E-state index is 9.83. The summed E-state index contributed by atoms with van der Waals surface area (Å²) < 4.78 is 6.45. The molecule has 0 amide bonds. The third-order valence-electron chi connectivity index (χ3n) is 4.34. The van der Waals surface area contributed by atoms with Crippen LogP contribution in [-0.4, -0.2) is 25.6 Å². The minimum atomic E-state index is -1.73. The van der Waals surface area contributed by atoms with E-state index in [1.165, 1.54) is 18.4 Å². The number of aliphatic hydroxyl groups is 1. The van der Waals surface area contributed by atoms with Crippen molar-refractivity contribution in [3.63, 3.8) is 0 Å². The Morgan fingerprint density at radius 1 is 1.39 bits per heavy atom. The van der Waals surface area contributed by atoms with Crippen molar-refractivity contribution in [1.82, 2.24) is 0 Å². The van der Waals surface area contributed by atoms with Crippen molar-refractivity contribution >= 4 is 8.32 Å². The fraction of sp³-hybridized carbons (Fsp3) is 0.867.